The fourth-order valence-electron chi connectivity index (χ4n) is 1.95. The van der Waals surface area contributed by atoms with E-state index in [1.54, 1.807) is 0 Å². The zero-order valence-electron chi connectivity index (χ0n) is 13.1. The lowest BCUT2D eigenvalue weighted by Crippen LogP contribution is -2.05. The Morgan fingerprint density at radius 1 is 1.20 bits per heavy atom. The van der Waals surface area contributed by atoms with E-state index in [4.69, 9.17) is 27.9 Å². The Kier molecular flexibility index (Phi) is 6.19. The van der Waals surface area contributed by atoms with E-state index < -0.39 is 11.7 Å². The van der Waals surface area contributed by atoms with Crippen molar-refractivity contribution in [2.75, 3.05) is 6.61 Å². The zero-order valence-corrected chi connectivity index (χ0v) is 14.6. The largest absolute Gasteiger partial charge is 0.506 e. The van der Waals surface area contributed by atoms with Crippen molar-refractivity contribution >= 4 is 35.1 Å². The van der Waals surface area contributed by atoms with Crippen LogP contribution in [0.25, 0.3) is 0 Å². The third-order valence-electron chi connectivity index (χ3n) is 3.15. The van der Waals surface area contributed by atoms with Crippen LogP contribution >= 0.6 is 23.2 Å². The number of aliphatic imine (C=N–C) groups is 1. The number of rotatable bonds is 5. The Labute approximate surface area is 152 Å². The van der Waals surface area contributed by atoms with Crippen molar-refractivity contribution in [3.8, 4) is 11.5 Å². The fourth-order valence-corrected chi connectivity index (χ4v) is 2.46. The predicted molar refractivity (Wildman–Crippen MR) is 92.6 cm³/mol. The Morgan fingerprint density at radius 2 is 1.92 bits per heavy atom. The highest BCUT2D eigenvalue weighted by atomic mass is 35.5. The molecule has 8 heteroatoms. The van der Waals surface area contributed by atoms with Crippen LogP contribution in [0.2, 0.25) is 10.0 Å². The molecular weight excluding hydrogens is 378 g/mol. The van der Waals surface area contributed by atoms with Crippen LogP contribution in [0.3, 0.4) is 0 Å². The lowest BCUT2D eigenvalue weighted by Gasteiger charge is -2.12. The lowest BCUT2D eigenvalue weighted by molar-refractivity contribution is -0.137. The molecule has 0 aliphatic heterocycles. The first-order valence-electron chi connectivity index (χ1n) is 7.28. The summed E-state index contributed by atoms with van der Waals surface area (Å²) >= 11 is 11.7. The summed E-state index contributed by atoms with van der Waals surface area (Å²) in [5, 5.41) is 10.2. The van der Waals surface area contributed by atoms with Crippen LogP contribution < -0.4 is 4.74 Å². The fraction of sp³-hybridized carbons (Fsp3) is 0.235. The van der Waals surface area contributed by atoms with Gasteiger partial charge in [-0.05, 0) is 36.8 Å². The van der Waals surface area contributed by atoms with Crippen molar-refractivity contribution in [2.24, 2.45) is 4.99 Å². The van der Waals surface area contributed by atoms with Gasteiger partial charge in [0.1, 0.15) is 17.2 Å². The van der Waals surface area contributed by atoms with Crippen molar-refractivity contribution in [1.29, 1.82) is 0 Å². The molecule has 134 valence electrons. The highest BCUT2D eigenvalue weighted by Crippen LogP contribution is 2.37. The van der Waals surface area contributed by atoms with Gasteiger partial charge in [0.2, 0.25) is 0 Å². The van der Waals surface area contributed by atoms with Gasteiger partial charge in [-0.2, -0.15) is 13.2 Å². The standard InChI is InChI=1S/C17H14Cl2F3NO2/c1-2-5-25-15-4-3-11(17(20,21)22)7-14(15)23-9-10-6-12(18)8-13(19)16(10)24/h3-4,6-9,24H,2,5H2,1H3. The summed E-state index contributed by atoms with van der Waals surface area (Å²) in [6, 6.07) is 5.76. The molecule has 0 aromatic heterocycles. The number of benzene rings is 2. The number of aromatic hydroxyl groups is 1. The van der Waals surface area contributed by atoms with Gasteiger partial charge in [0.15, 0.2) is 0 Å². The summed E-state index contributed by atoms with van der Waals surface area (Å²) in [6.45, 7) is 2.21. The number of ether oxygens (including phenoxy) is 1. The highest BCUT2D eigenvalue weighted by molar-refractivity contribution is 6.36. The number of nitrogens with zero attached hydrogens (tertiary/aromatic N) is 1. The van der Waals surface area contributed by atoms with Crippen LogP contribution in [-0.4, -0.2) is 17.9 Å². The molecule has 0 radical (unpaired) electrons. The van der Waals surface area contributed by atoms with Crippen LogP contribution in [-0.2, 0) is 6.18 Å². The third kappa shape index (κ3) is 5.03. The van der Waals surface area contributed by atoms with Gasteiger partial charge in [-0.25, -0.2) is 0 Å². The summed E-state index contributed by atoms with van der Waals surface area (Å²) in [6.07, 6.45) is -2.63. The molecule has 0 aliphatic rings. The number of phenolic OH excluding ortho intramolecular Hbond substituents is 1. The molecule has 0 saturated heterocycles. The van der Waals surface area contributed by atoms with Gasteiger partial charge in [0.25, 0.3) is 0 Å². The molecule has 2 rings (SSSR count). The maximum Gasteiger partial charge on any atom is 0.416 e. The van der Waals surface area contributed by atoms with Gasteiger partial charge in [0, 0.05) is 16.8 Å². The molecule has 0 atom stereocenters. The SMILES string of the molecule is CCCOc1ccc(C(F)(F)F)cc1N=Cc1cc(Cl)cc(Cl)c1O. The molecule has 2 aromatic carbocycles. The number of alkyl halides is 3. The Hall–Kier alpha value is -1.92. The van der Waals surface area contributed by atoms with Crippen molar-refractivity contribution in [3.05, 3.63) is 51.5 Å². The summed E-state index contributed by atoms with van der Waals surface area (Å²) in [7, 11) is 0. The quantitative estimate of drug-likeness (QED) is 0.611. The van der Waals surface area contributed by atoms with Crippen molar-refractivity contribution in [2.45, 2.75) is 19.5 Å². The Bertz CT molecular complexity index is 792. The minimum Gasteiger partial charge on any atom is -0.506 e. The van der Waals surface area contributed by atoms with Gasteiger partial charge in [-0.15, -0.1) is 0 Å². The van der Waals surface area contributed by atoms with E-state index in [9.17, 15) is 18.3 Å². The van der Waals surface area contributed by atoms with Gasteiger partial charge in [0.05, 0.1) is 17.2 Å². The molecule has 0 unspecified atom stereocenters. The molecule has 0 bridgehead atoms. The molecule has 0 fully saturated rings. The molecule has 3 nitrogen and oxygen atoms in total. The molecule has 0 aliphatic carbocycles. The van der Waals surface area contributed by atoms with Crippen molar-refractivity contribution in [3.63, 3.8) is 0 Å². The van der Waals surface area contributed by atoms with E-state index in [0.29, 0.717) is 13.0 Å². The molecule has 0 spiro atoms. The average Bonchev–Trinajstić information content (AvgIpc) is 2.54. The lowest BCUT2D eigenvalue weighted by atomic mass is 10.1. The third-order valence-corrected chi connectivity index (χ3v) is 3.65. The predicted octanol–water partition coefficient (Wildman–Crippen LogP) is 6.26. The maximum atomic E-state index is 12.9. The second-order valence-corrected chi connectivity index (χ2v) is 5.96. The van der Waals surface area contributed by atoms with E-state index in [-0.39, 0.29) is 32.8 Å². The van der Waals surface area contributed by atoms with E-state index in [1.807, 2.05) is 6.92 Å². The Balaban J connectivity index is 2.45. The normalized spacial score (nSPS) is 11.9. The minimum atomic E-state index is -4.50. The number of phenols is 1. The molecule has 25 heavy (non-hydrogen) atoms. The zero-order chi connectivity index (χ0) is 18.6. The number of hydrogen-bond donors (Lipinski definition) is 1. The van der Waals surface area contributed by atoms with Crippen LogP contribution in [0.15, 0.2) is 35.3 Å². The van der Waals surface area contributed by atoms with Gasteiger partial charge >= 0.3 is 6.18 Å². The summed E-state index contributed by atoms with van der Waals surface area (Å²) in [4.78, 5) is 4.02. The summed E-state index contributed by atoms with van der Waals surface area (Å²) < 4.78 is 44.2. The average molecular weight is 392 g/mol. The smallest absolute Gasteiger partial charge is 0.416 e. The van der Waals surface area contributed by atoms with Gasteiger partial charge in [-0.1, -0.05) is 30.1 Å². The first-order chi connectivity index (χ1) is 11.7. The first-order valence-corrected chi connectivity index (χ1v) is 8.04. The van der Waals surface area contributed by atoms with Gasteiger partial charge in [-0.3, -0.25) is 4.99 Å². The van der Waals surface area contributed by atoms with Crippen LogP contribution in [0.1, 0.15) is 24.5 Å². The number of halogens is 5. The van der Waals surface area contributed by atoms with E-state index >= 15 is 0 Å². The highest BCUT2D eigenvalue weighted by Gasteiger charge is 2.31. The topological polar surface area (TPSA) is 41.8 Å². The summed E-state index contributed by atoms with van der Waals surface area (Å²) in [5.41, 5.74) is -0.688. The molecular formula is C17H14Cl2F3NO2. The molecule has 0 heterocycles. The van der Waals surface area contributed by atoms with E-state index in [0.717, 1.165) is 12.1 Å². The number of hydrogen-bond acceptors (Lipinski definition) is 3. The second-order valence-electron chi connectivity index (χ2n) is 5.11. The van der Waals surface area contributed by atoms with Crippen LogP contribution in [0.5, 0.6) is 11.5 Å². The van der Waals surface area contributed by atoms with Crippen LogP contribution in [0, 0.1) is 0 Å². The molecule has 0 saturated carbocycles. The minimum absolute atomic E-state index is 0.0143. The van der Waals surface area contributed by atoms with Crippen molar-refractivity contribution in [1.82, 2.24) is 0 Å². The summed E-state index contributed by atoms with van der Waals surface area (Å²) in [5.74, 6) is -0.0588. The van der Waals surface area contributed by atoms with Gasteiger partial charge < -0.3 is 9.84 Å². The first kappa shape index (κ1) is 19.4. The second kappa shape index (κ2) is 7.97. The van der Waals surface area contributed by atoms with E-state index in [2.05, 4.69) is 4.99 Å². The molecule has 1 N–H and O–H groups in total. The van der Waals surface area contributed by atoms with E-state index in [1.165, 1.54) is 24.4 Å². The molecule has 2 aromatic rings. The maximum absolute atomic E-state index is 12.9. The van der Waals surface area contributed by atoms with Crippen LogP contribution in [0.4, 0.5) is 18.9 Å². The Morgan fingerprint density at radius 3 is 2.56 bits per heavy atom. The van der Waals surface area contributed by atoms with Crippen molar-refractivity contribution < 1.29 is 23.0 Å². The molecule has 0 amide bonds. The monoisotopic (exact) mass is 391 g/mol.